The Kier molecular flexibility index (Phi) is 2.60. The minimum absolute atomic E-state index is 0.178. The first-order valence-corrected chi connectivity index (χ1v) is 5.66. The van der Waals surface area contributed by atoms with Gasteiger partial charge in [0.05, 0.1) is 6.33 Å². The van der Waals surface area contributed by atoms with Crippen LogP contribution < -0.4 is 0 Å². The number of carbonyl (C=O) groups excluding carboxylic acids is 1. The van der Waals surface area contributed by atoms with Crippen molar-refractivity contribution in [3.63, 3.8) is 0 Å². The lowest BCUT2D eigenvalue weighted by molar-refractivity contribution is 0.0687. The van der Waals surface area contributed by atoms with Crippen LogP contribution in [0.5, 0.6) is 0 Å². The van der Waals surface area contributed by atoms with Crippen LogP contribution in [-0.4, -0.2) is 31.8 Å². The molecule has 0 spiro atoms. The summed E-state index contributed by atoms with van der Waals surface area (Å²) in [6.07, 6.45) is 2.55. The van der Waals surface area contributed by atoms with Gasteiger partial charge in [-0.05, 0) is 18.2 Å². The third kappa shape index (κ3) is 1.76. The van der Waals surface area contributed by atoms with Crippen molar-refractivity contribution in [2.75, 3.05) is 0 Å². The number of rotatable bonds is 3. The lowest BCUT2D eigenvalue weighted by Crippen LogP contribution is -2.09. The Hall–Kier alpha value is -2.96. The van der Waals surface area contributed by atoms with Crippen molar-refractivity contribution in [2.45, 2.75) is 0 Å². The maximum Gasteiger partial charge on any atom is 0.354 e. The molecule has 100 valence electrons. The number of carbonyl (C=O) groups is 2. The Morgan fingerprint density at radius 2 is 2.05 bits per heavy atom. The Morgan fingerprint density at radius 3 is 2.80 bits per heavy atom. The van der Waals surface area contributed by atoms with Gasteiger partial charge in [0.15, 0.2) is 5.69 Å². The number of imidazole rings is 1. The van der Waals surface area contributed by atoms with Crippen LogP contribution in [0.3, 0.4) is 0 Å². The van der Waals surface area contributed by atoms with E-state index in [1.807, 2.05) is 0 Å². The molecule has 0 aliphatic carbocycles. The van der Waals surface area contributed by atoms with Crippen molar-refractivity contribution in [3.8, 4) is 0 Å². The number of aromatic nitrogens is 3. The average Bonchev–Trinajstić information content (AvgIpc) is 3.03. The van der Waals surface area contributed by atoms with Gasteiger partial charge in [0.1, 0.15) is 11.5 Å². The lowest BCUT2D eigenvalue weighted by atomic mass is 10.1. The lowest BCUT2D eigenvalue weighted by Gasteiger charge is -1.98. The summed E-state index contributed by atoms with van der Waals surface area (Å²) in [5, 5.41) is 9.48. The van der Waals surface area contributed by atoms with Crippen molar-refractivity contribution < 1.29 is 19.1 Å². The van der Waals surface area contributed by atoms with Crippen LogP contribution in [0.1, 0.15) is 26.5 Å². The predicted octanol–water partition coefficient (Wildman–Crippen LogP) is 1.96. The van der Waals surface area contributed by atoms with Gasteiger partial charge in [0.2, 0.25) is 5.78 Å². The van der Waals surface area contributed by atoms with Gasteiger partial charge in [-0.3, -0.25) is 4.79 Å². The third-order valence-electron chi connectivity index (χ3n) is 2.96. The third-order valence-corrected chi connectivity index (χ3v) is 2.96. The van der Waals surface area contributed by atoms with Crippen LogP contribution in [0.2, 0.25) is 0 Å². The fraction of sp³-hybridized carbons (Fsp3) is 0. The maximum absolute atomic E-state index is 13.1. The molecule has 0 aliphatic heterocycles. The average molecular weight is 273 g/mol. The van der Waals surface area contributed by atoms with E-state index in [4.69, 9.17) is 5.11 Å². The van der Waals surface area contributed by atoms with E-state index in [-0.39, 0.29) is 17.0 Å². The van der Waals surface area contributed by atoms with E-state index in [1.165, 1.54) is 24.4 Å². The number of fused-ring (bicyclic) bond motifs is 1. The molecule has 0 amide bonds. The number of carboxylic acid groups (broad SMARTS) is 1. The van der Waals surface area contributed by atoms with E-state index in [9.17, 15) is 14.0 Å². The molecule has 3 aromatic rings. The number of H-pyrrole nitrogens is 2. The molecule has 0 unspecified atom stereocenters. The molecule has 0 aliphatic rings. The molecule has 6 nitrogen and oxygen atoms in total. The highest BCUT2D eigenvalue weighted by atomic mass is 19.1. The highest BCUT2D eigenvalue weighted by Gasteiger charge is 2.23. The summed E-state index contributed by atoms with van der Waals surface area (Å²) >= 11 is 0. The molecular weight excluding hydrogens is 265 g/mol. The van der Waals surface area contributed by atoms with Crippen LogP contribution in [0, 0.1) is 5.82 Å². The molecule has 3 rings (SSSR count). The SMILES string of the molecule is O=C(O)c1[nH]cnc1C(=O)c1c[nH]c2cc(F)ccc12. The summed E-state index contributed by atoms with van der Waals surface area (Å²) in [5.74, 6) is -2.23. The number of hydrogen-bond acceptors (Lipinski definition) is 3. The zero-order valence-electron chi connectivity index (χ0n) is 9.98. The van der Waals surface area contributed by atoms with Crippen molar-refractivity contribution in [1.29, 1.82) is 0 Å². The van der Waals surface area contributed by atoms with Gasteiger partial charge in [-0.25, -0.2) is 14.2 Å². The molecule has 1 aromatic carbocycles. The largest absolute Gasteiger partial charge is 0.477 e. The van der Waals surface area contributed by atoms with Crippen molar-refractivity contribution in [2.24, 2.45) is 0 Å². The van der Waals surface area contributed by atoms with Crippen LogP contribution in [0.15, 0.2) is 30.7 Å². The second-order valence-corrected chi connectivity index (χ2v) is 4.15. The summed E-state index contributed by atoms with van der Waals surface area (Å²) in [4.78, 5) is 32.2. The number of aromatic amines is 2. The molecule has 7 heteroatoms. The predicted molar refractivity (Wildman–Crippen MR) is 67.2 cm³/mol. The molecule has 3 N–H and O–H groups in total. The first-order chi connectivity index (χ1) is 9.58. The van der Waals surface area contributed by atoms with Gasteiger partial charge in [-0.1, -0.05) is 0 Å². The molecule has 0 saturated heterocycles. The quantitative estimate of drug-likeness (QED) is 0.635. The summed E-state index contributed by atoms with van der Waals surface area (Å²) in [6.45, 7) is 0. The molecule has 0 saturated carbocycles. The van der Waals surface area contributed by atoms with E-state index in [2.05, 4.69) is 15.0 Å². The topological polar surface area (TPSA) is 98.8 Å². The highest BCUT2D eigenvalue weighted by molar-refractivity contribution is 6.18. The minimum Gasteiger partial charge on any atom is -0.477 e. The standard InChI is InChI=1S/C13H8FN3O3/c14-6-1-2-7-8(4-15-9(7)3-6)12(18)10-11(13(19)20)17-5-16-10/h1-5,15H,(H,16,17)(H,19,20). The van der Waals surface area contributed by atoms with Crippen molar-refractivity contribution >= 4 is 22.7 Å². The van der Waals surface area contributed by atoms with Crippen molar-refractivity contribution in [1.82, 2.24) is 15.0 Å². The summed E-state index contributed by atoms with van der Waals surface area (Å²) < 4.78 is 13.1. The zero-order chi connectivity index (χ0) is 14.3. The first-order valence-electron chi connectivity index (χ1n) is 5.66. The molecule has 0 radical (unpaired) electrons. The number of hydrogen-bond donors (Lipinski definition) is 3. The number of ketones is 1. The number of nitrogens with zero attached hydrogens (tertiary/aromatic N) is 1. The zero-order valence-corrected chi connectivity index (χ0v) is 9.98. The van der Waals surface area contributed by atoms with Gasteiger partial charge in [0.25, 0.3) is 0 Å². The second kappa shape index (κ2) is 4.30. The van der Waals surface area contributed by atoms with Crippen LogP contribution >= 0.6 is 0 Å². The minimum atomic E-state index is -1.27. The Morgan fingerprint density at radius 1 is 1.25 bits per heavy atom. The monoisotopic (exact) mass is 273 g/mol. The molecule has 0 atom stereocenters. The number of carboxylic acids is 1. The Bertz CT molecular complexity index is 834. The fourth-order valence-electron chi connectivity index (χ4n) is 2.04. The van der Waals surface area contributed by atoms with Crippen LogP contribution in [0.4, 0.5) is 4.39 Å². The maximum atomic E-state index is 13.1. The summed E-state index contributed by atoms with van der Waals surface area (Å²) in [5.41, 5.74) is 0.254. The first kappa shape index (κ1) is 12.1. The van der Waals surface area contributed by atoms with E-state index < -0.39 is 17.6 Å². The van der Waals surface area contributed by atoms with Crippen molar-refractivity contribution in [3.05, 3.63) is 53.5 Å². The Labute approximate surface area is 111 Å². The molecule has 20 heavy (non-hydrogen) atoms. The summed E-state index contributed by atoms with van der Waals surface area (Å²) in [6, 6.07) is 3.95. The highest BCUT2D eigenvalue weighted by Crippen LogP contribution is 2.22. The molecule has 0 fully saturated rings. The normalized spacial score (nSPS) is 10.8. The van der Waals surface area contributed by atoms with Gasteiger partial charge in [0, 0.05) is 22.7 Å². The van der Waals surface area contributed by atoms with E-state index in [1.54, 1.807) is 0 Å². The number of halogens is 1. The Balaban J connectivity index is 2.13. The molecular formula is C13H8FN3O3. The van der Waals surface area contributed by atoms with E-state index in [0.29, 0.717) is 10.9 Å². The van der Waals surface area contributed by atoms with Gasteiger partial charge in [-0.2, -0.15) is 0 Å². The fourth-order valence-corrected chi connectivity index (χ4v) is 2.04. The second-order valence-electron chi connectivity index (χ2n) is 4.15. The van der Waals surface area contributed by atoms with Crippen LogP contribution in [-0.2, 0) is 0 Å². The number of aromatic carboxylic acids is 1. The summed E-state index contributed by atoms with van der Waals surface area (Å²) in [7, 11) is 0. The smallest absolute Gasteiger partial charge is 0.354 e. The molecule has 2 aromatic heterocycles. The van der Waals surface area contributed by atoms with Gasteiger partial charge < -0.3 is 15.1 Å². The van der Waals surface area contributed by atoms with E-state index in [0.717, 1.165) is 6.33 Å². The molecule has 0 bridgehead atoms. The number of benzene rings is 1. The number of nitrogens with one attached hydrogen (secondary N) is 2. The van der Waals surface area contributed by atoms with Crippen LogP contribution in [0.25, 0.3) is 10.9 Å². The van der Waals surface area contributed by atoms with Gasteiger partial charge in [-0.15, -0.1) is 0 Å². The molecule has 2 heterocycles. The van der Waals surface area contributed by atoms with Gasteiger partial charge >= 0.3 is 5.97 Å². The van der Waals surface area contributed by atoms with E-state index >= 15 is 0 Å².